The van der Waals surface area contributed by atoms with E-state index < -0.39 is 0 Å². The van der Waals surface area contributed by atoms with E-state index in [0.29, 0.717) is 22.7 Å². The minimum absolute atomic E-state index is 0.0134. The number of aryl methyl sites for hydroxylation is 1. The van der Waals surface area contributed by atoms with Gasteiger partial charge in [0, 0.05) is 16.5 Å². The van der Waals surface area contributed by atoms with Crippen molar-refractivity contribution in [2.45, 2.75) is 20.3 Å². The zero-order chi connectivity index (χ0) is 14.0. The number of Topliss-reactive ketones (excluding diaryl/α,β-unsaturated/α-hetero) is 1. The Hall–Kier alpha value is -2.10. The molecule has 0 saturated carbocycles. The van der Waals surface area contributed by atoms with E-state index in [1.807, 2.05) is 13.0 Å². The van der Waals surface area contributed by atoms with E-state index >= 15 is 0 Å². The van der Waals surface area contributed by atoms with E-state index in [0.717, 1.165) is 17.4 Å². The number of benzene rings is 1. The van der Waals surface area contributed by atoms with Gasteiger partial charge in [-0.2, -0.15) is 0 Å². The van der Waals surface area contributed by atoms with Crippen molar-refractivity contribution in [3.8, 4) is 11.6 Å². The lowest BCUT2D eigenvalue weighted by Gasteiger charge is -2.11. The number of fused-ring (bicyclic) bond motifs is 1. The number of carbonyl (C=O) groups excluding carboxylic acids is 1. The predicted octanol–water partition coefficient (Wildman–Crippen LogP) is 3.02. The first-order valence-corrected chi connectivity index (χ1v) is 6.17. The van der Waals surface area contributed by atoms with Crippen LogP contribution in [0.4, 0.5) is 0 Å². The summed E-state index contributed by atoms with van der Waals surface area (Å²) < 4.78 is 10.6. The third-order valence-corrected chi connectivity index (χ3v) is 3.14. The molecule has 1 aromatic heterocycles. The second-order valence-electron chi connectivity index (χ2n) is 4.31. The maximum atomic E-state index is 11.5. The molecule has 1 heterocycles. The lowest BCUT2D eigenvalue weighted by Crippen LogP contribution is -1.99. The molecular formula is C15H17NO3. The normalized spacial score (nSPS) is 10.5. The Kier molecular flexibility index (Phi) is 3.69. The molecule has 2 aromatic rings. The van der Waals surface area contributed by atoms with Crippen LogP contribution < -0.4 is 9.47 Å². The first kappa shape index (κ1) is 13.3. The van der Waals surface area contributed by atoms with Gasteiger partial charge in [0.25, 0.3) is 0 Å². The lowest BCUT2D eigenvalue weighted by molar-refractivity contribution is 0.101. The minimum atomic E-state index is -0.0134. The van der Waals surface area contributed by atoms with Gasteiger partial charge in [-0.3, -0.25) is 4.79 Å². The molecule has 0 atom stereocenters. The Morgan fingerprint density at radius 1 is 1.21 bits per heavy atom. The molecule has 0 aliphatic rings. The first-order chi connectivity index (χ1) is 9.10. The number of methoxy groups -OCH3 is 2. The predicted molar refractivity (Wildman–Crippen MR) is 74.2 cm³/mol. The van der Waals surface area contributed by atoms with Crippen LogP contribution in [0.5, 0.6) is 11.6 Å². The summed E-state index contributed by atoms with van der Waals surface area (Å²) in [5.41, 5.74) is 2.31. The summed E-state index contributed by atoms with van der Waals surface area (Å²) in [6, 6.07) is 5.52. The number of rotatable bonds is 4. The Morgan fingerprint density at radius 3 is 2.47 bits per heavy atom. The van der Waals surface area contributed by atoms with E-state index in [1.165, 1.54) is 6.92 Å². The van der Waals surface area contributed by atoms with Crippen LogP contribution in [0.2, 0.25) is 0 Å². The second-order valence-corrected chi connectivity index (χ2v) is 4.31. The van der Waals surface area contributed by atoms with Gasteiger partial charge in [0.2, 0.25) is 5.88 Å². The highest BCUT2D eigenvalue weighted by atomic mass is 16.5. The van der Waals surface area contributed by atoms with Crippen LogP contribution in [-0.2, 0) is 6.42 Å². The van der Waals surface area contributed by atoms with Gasteiger partial charge in [-0.15, -0.1) is 0 Å². The lowest BCUT2D eigenvalue weighted by atomic mass is 10.0. The number of hydrogen-bond acceptors (Lipinski definition) is 4. The average molecular weight is 259 g/mol. The Bertz CT molecular complexity index is 635. The van der Waals surface area contributed by atoms with E-state index in [1.54, 1.807) is 26.4 Å². The molecule has 0 bridgehead atoms. The van der Waals surface area contributed by atoms with Crippen LogP contribution >= 0.6 is 0 Å². The summed E-state index contributed by atoms with van der Waals surface area (Å²) in [6.45, 7) is 3.57. The van der Waals surface area contributed by atoms with Gasteiger partial charge in [-0.25, -0.2) is 4.98 Å². The molecule has 0 unspecified atom stereocenters. The quantitative estimate of drug-likeness (QED) is 0.792. The van der Waals surface area contributed by atoms with Crippen molar-refractivity contribution in [1.82, 2.24) is 4.98 Å². The molecule has 0 aliphatic heterocycles. The highest BCUT2D eigenvalue weighted by Crippen LogP contribution is 2.31. The summed E-state index contributed by atoms with van der Waals surface area (Å²) in [4.78, 5) is 16.0. The molecule has 0 radical (unpaired) electrons. The van der Waals surface area contributed by atoms with Crippen LogP contribution in [0.15, 0.2) is 18.2 Å². The zero-order valence-corrected chi connectivity index (χ0v) is 11.6. The minimum Gasteiger partial charge on any atom is -0.496 e. The molecule has 1 aromatic carbocycles. The molecule has 4 heteroatoms. The molecule has 2 rings (SSSR count). The van der Waals surface area contributed by atoms with Gasteiger partial charge in [-0.05, 0) is 31.5 Å². The summed E-state index contributed by atoms with van der Waals surface area (Å²) in [7, 11) is 3.19. The molecule has 4 nitrogen and oxygen atoms in total. The second kappa shape index (κ2) is 5.26. The fourth-order valence-corrected chi connectivity index (χ4v) is 2.07. The molecule has 0 fully saturated rings. The number of aromatic nitrogens is 1. The van der Waals surface area contributed by atoms with Crippen molar-refractivity contribution in [3.63, 3.8) is 0 Å². The van der Waals surface area contributed by atoms with Crippen LogP contribution in [0.25, 0.3) is 10.9 Å². The van der Waals surface area contributed by atoms with Crippen LogP contribution in [0, 0.1) is 0 Å². The molecule has 19 heavy (non-hydrogen) atoms. The molecule has 100 valence electrons. The van der Waals surface area contributed by atoms with E-state index in [9.17, 15) is 4.79 Å². The monoisotopic (exact) mass is 259 g/mol. The van der Waals surface area contributed by atoms with Crippen molar-refractivity contribution in [2.24, 2.45) is 0 Å². The zero-order valence-electron chi connectivity index (χ0n) is 11.6. The number of nitrogens with zero attached hydrogens (tertiary/aromatic N) is 1. The third kappa shape index (κ3) is 2.38. The van der Waals surface area contributed by atoms with E-state index in [2.05, 4.69) is 4.98 Å². The average Bonchev–Trinajstić information content (AvgIpc) is 2.44. The molecule has 0 N–H and O–H groups in total. The van der Waals surface area contributed by atoms with E-state index in [-0.39, 0.29) is 5.78 Å². The van der Waals surface area contributed by atoms with Crippen molar-refractivity contribution in [1.29, 1.82) is 0 Å². The van der Waals surface area contributed by atoms with Crippen LogP contribution in [-0.4, -0.2) is 25.0 Å². The SMILES string of the molecule is CCc1cc2c(OC)cc(C(C)=O)cc2nc1OC. The van der Waals surface area contributed by atoms with Gasteiger partial charge in [0.05, 0.1) is 19.7 Å². The van der Waals surface area contributed by atoms with Crippen molar-refractivity contribution < 1.29 is 14.3 Å². The summed E-state index contributed by atoms with van der Waals surface area (Å²) in [5, 5.41) is 0.894. The molecule has 0 amide bonds. The molecule has 0 spiro atoms. The fourth-order valence-electron chi connectivity index (χ4n) is 2.07. The van der Waals surface area contributed by atoms with Crippen LogP contribution in [0.1, 0.15) is 29.8 Å². The largest absolute Gasteiger partial charge is 0.496 e. The first-order valence-electron chi connectivity index (χ1n) is 6.17. The van der Waals surface area contributed by atoms with Crippen molar-refractivity contribution in [3.05, 3.63) is 29.3 Å². The maximum Gasteiger partial charge on any atom is 0.216 e. The van der Waals surface area contributed by atoms with E-state index in [4.69, 9.17) is 9.47 Å². The smallest absolute Gasteiger partial charge is 0.216 e. The number of ether oxygens (including phenoxy) is 2. The van der Waals surface area contributed by atoms with Crippen molar-refractivity contribution in [2.75, 3.05) is 14.2 Å². The van der Waals surface area contributed by atoms with Gasteiger partial charge in [-0.1, -0.05) is 6.92 Å². The topological polar surface area (TPSA) is 48.4 Å². The Balaban J connectivity index is 2.78. The fraction of sp³-hybridized carbons (Fsp3) is 0.333. The highest BCUT2D eigenvalue weighted by molar-refractivity contribution is 6.00. The number of carbonyl (C=O) groups is 1. The molecule has 0 aliphatic carbocycles. The van der Waals surface area contributed by atoms with Gasteiger partial charge in [0.15, 0.2) is 5.78 Å². The number of hydrogen-bond donors (Lipinski definition) is 0. The number of pyridine rings is 1. The summed E-state index contributed by atoms with van der Waals surface area (Å²) >= 11 is 0. The number of ketones is 1. The molecular weight excluding hydrogens is 242 g/mol. The van der Waals surface area contributed by atoms with Gasteiger partial charge in [0.1, 0.15) is 5.75 Å². The highest BCUT2D eigenvalue weighted by Gasteiger charge is 2.12. The maximum absolute atomic E-state index is 11.5. The standard InChI is InChI=1S/C15H17NO3/c1-5-10-6-12-13(16-15(10)19-4)7-11(9(2)17)8-14(12)18-3/h6-8H,5H2,1-4H3. The molecule has 0 saturated heterocycles. The Morgan fingerprint density at radius 2 is 1.95 bits per heavy atom. The third-order valence-electron chi connectivity index (χ3n) is 3.14. The summed E-state index contributed by atoms with van der Waals surface area (Å²) in [6.07, 6.45) is 0.823. The Labute approximate surface area is 112 Å². The summed E-state index contributed by atoms with van der Waals surface area (Å²) in [5.74, 6) is 1.24. The van der Waals surface area contributed by atoms with Crippen molar-refractivity contribution >= 4 is 16.7 Å². The van der Waals surface area contributed by atoms with Gasteiger partial charge >= 0.3 is 0 Å². The van der Waals surface area contributed by atoms with Gasteiger partial charge < -0.3 is 9.47 Å². The van der Waals surface area contributed by atoms with Crippen LogP contribution in [0.3, 0.4) is 0 Å².